The first-order valence-corrected chi connectivity index (χ1v) is 12.1. The Hall–Kier alpha value is -4.44. The molecule has 0 bridgehead atoms. The molecule has 0 aliphatic carbocycles. The number of ether oxygens (including phenoxy) is 1. The highest BCUT2D eigenvalue weighted by molar-refractivity contribution is 8.18. The fourth-order valence-electron chi connectivity index (χ4n) is 3.77. The van der Waals surface area contributed by atoms with Gasteiger partial charge in [-0.15, -0.1) is 0 Å². The van der Waals surface area contributed by atoms with E-state index in [1.807, 2.05) is 32.0 Å². The van der Waals surface area contributed by atoms with Crippen LogP contribution in [-0.2, 0) is 16.2 Å². The van der Waals surface area contributed by atoms with Gasteiger partial charge in [-0.2, -0.15) is 0 Å². The Morgan fingerprint density at radius 2 is 1.73 bits per heavy atom. The minimum absolute atomic E-state index is 0.0115. The molecule has 37 heavy (non-hydrogen) atoms. The Bertz CT molecular complexity index is 1400. The highest BCUT2D eigenvalue weighted by atomic mass is 32.2. The average molecular weight is 518 g/mol. The van der Waals surface area contributed by atoms with Gasteiger partial charge in [0.25, 0.3) is 16.8 Å². The third-order valence-corrected chi connectivity index (χ3v) is 6.34. The van der Waals surface area contributed by atoms with Gasteiger partial charge in [0.15, 0.2) is 0 Å². The number of nitrogens with one attached hydrogen (secondary N) is 1. The van der Waals surface area contributed by atoms with Gasteiger partial charge in [-0.1, -0.05) is 24.3 Å². The summed E-state index contributed by atoms with van der Waals surface area (Å²) in [4.78, 5) is 49.4. The van der Waals surface area contributed by atoms with Crippen molar-refractivity contribution < 1.29 is 24.0 Å². The van der Waals surface area contributed by atoms with Crippen LogP contribution in [0, 0.1) is 24.0 Å². The molecule has 1 N–H and O–H groups in total. The number of aryl methyl sites for hydroxylation is 2. The summed E-state index contributed by atoms with van der Waals surface area (Å²) in [7, 11) is 0. The Morgan fingerprint density at radius 3 is 2.41 bits per heavy atom. The lowest BCUT2D eigenvalue weighted by Gasteiger charge is -2.13. The Morgan fingerprint density at radius 1 is 1.05 bits per heavy atom. The monoisotopic (exact) mass is 517 g/mol. The number of carbonyl (C=O) groups is 3. The second-order valence-corrected chi connectivity index (χ2v) is 9.44. The number of carbonyl (C=O) groups excluding carboxylic acids is 3. The molecule has 4 rings (SSSR count). The van der Waals surface area contributed by atoms with Gasteiger partial charge >= 0.3 is 0 Å². The van der Waals surface area contributed by atoms with E-state index in [1.54, 1.807) is 42.5 Å². The van der Waals surface area contributed by atoms with Gasteiger partial charge < -0.3 is 10.1 Å². The first-order chi connectivity index (χ1) is 17.7. The number of rotatable bonds is 8. The Kier molecular flexibility index (Phi) is 7.69. The molecule has 1 saturated heterocycles. The minimum Gasteiger partial charge on any atom is -0.488 e. The maximum Gasteiger partial charge on any atom is 0.294 e. The van der Waals surface area contributed by atoms with Crippen molar-refractivity contribution in [1.82, 2.24) is 4.90 Å². The zero-order valence-corrected chi connectivity index (χ0v) is 20.9. The van der Waals surface area contributed by atoms with Crippen LogP contribution in [-0.4, -0.2) is 33.4 Å². The smallest absolute Gasteiger partial charge is 0.294 e. The van der Waals surface area contributed by atoms with Crippen molar-refractivity contribution in [2.24, 2.45) is 0 Å². The highest BCUT2D eigenvalue weighted by Crippen LogP contribution is 2.34. The van der Waals surface area contributed by atoms with E-state index in [2.05, 4.69) is 5.32 Å². The first-order valence-electron chi connectivity index (χ1n) is 11.3. The average Bonchev–Trinajstić information content (AvgIpc) is 3.10. The maximum absolute atomic E-state index is 12.9. The molecule has 0 aromatic heterocycles. The number of nitrogens with zero attached hydrogens (tertiary/aromatic N) is 2. The number of thioether (sulfide) groups is 1. The zero-order valence-electron chi connectivity index (χ0n) is 20.1. The molecule has 1 fully saturated rings. The molecule has 0 radical (unpaired) electrons. The molecule has 10 heteroatoms. The number of amides is 3. The van der Waals surface area contributed by atoms with E-state index in [4.69, 9.17) is 4.74 Å². The summed E-state index contributed by atoms with van der Waals surface area (Å²) >= 11 is 0.756. The highest BCUT2D eigenvalue weighted by Gasteiger charge is 2.36. The van der Waals surface area contributed by atoms with Gasteiger partial charge in [-0.25, -0.2) is 0 Å². The lowest BCUT2D eigenvalue weighted by Crippen LogP contribution is -2.36. The molecule has 3 aromatic rings. The summed E-state index contributed by atoms with van der Waals surface area (Å²) in [5, 5.41) is 13.0. The predicted octanol–water partition coefficient (Wildman–Crippen LogP) is 5.47. The molecule has 3 aromatic carbocycles. The molecule has 0 atom stereocenters. The molecule has 0 unspecified atom stereocenters. The summed E-state index contributed by atoms with van der Waals surface area (Å²) < 4.78 is 5.88. The summed E-state index contributed by atoms with van der Waals surface area (Å²) in [6.45, 7) is 3.59. The van der Waals surface area contributed by atoms with Gasteiger partial charge in [0.1, 0.15) is 18.9 Å². The molecule has 0 spiro atoms. The predicted molar refractivity (Wildman–Crippen MR) is 141 cm³/mol. The molecule has 1 heterocycles. The third-order valence-electron chi connectivity index (χ3n) is 5.43. The quantitative estimate of drug-likeness (QED) is 0.239. The van der Waals surface area contributed by atoms with Crippen molar-refractivity contribution >= 4 is 46.3 Å². The summed E-state index contributed by atoms with van der Waals surface area (Å²) in [6, 6.07) is 18.6. The van der Waals surface area contributed by atoms with Crippen molar-refractivity contribution in [2.45, 2.75) is 20.5 Å². The number of non-ortho nitro benzene ring substituents is 1. The van der Waals surface area contributed by atoms with Crippen molar-refractivity contribution in [1.29, 1.82) is 0 Å². The van der Waals surface area contributed by atoms with Gasteiger partial charge in [-0.05, 0) is 78.7 Å². The maximum atomic E-state index is 12.9. The normalized spacial score (nSPS) is 14.2. The standard InChI is InChI=1S/C27H23N3O6S/c1-17-11-18(2)13-21(12-17)28-25(31)15-29-26(32)24(37-27(29)33)14-20-5-3-4-6-23(20)36-16-19-7-9-22(10-8-19)30(34)35/h3-14H,15-16H2,1-2H3,(H,28,31)/b24-14-. The van der Waals surface area contributed by atoms with Gasteiger partial charge in [-0.3, -0.25) is 29.4 Å². The van der Waals surface area contributed by atoms with Gasteiger partial charge in [0, 0.05) is 23.4 Å². The van der Waals surface area contributed by atoms with Gasteiger partial charge in [0.05, 0.1) is 9.83 Å². The van der Waals surface area contributed by atoms with Crippen LogP contribution >= 0.6 is 11.8 Å². The molecular weight excluding hydrogens is 494 g/mol. The second kappa shape index (κ2) is 11.1. The fourth-order valence-corrected chi connectivity index (χ4v) is 4.60. The fraction of sp³-hybridized carbons (Fsp3) is 0.148. The number of benzene rings is 3. The van der Waals surface area contributed by atoms with E-state index < -0.39 is 28.5 Å². The van der Waals surface area contributed by atoms with Crippen LogP contribution in [0.1, 0.15) is 22.3 Å². The Balaban J connectivity index is 1.44. The second-order valence-electron chi connectivity index (χ2n) is 8.44. The van der Waals surface area contributed by atoms with Crippen LogP contribution in [0.3, 0.4) is 0 Å². The largest absolute Gasteiger partial charge is 0.488 e. The first kappa shape index (κ1) is 25.6. The van der Waals surface area contributed by atoms with Crippen molar-refractivity contribution in [3.63, 3.8) is 0 Å². The van der Waals surface area contributed by atoms with E-state index >= 15 is 0 Å². The topological polar surface area (TPSA) is 119 Å². The van der Waals surface area contributed by atoms with Crippen LogP contribution in [0.2, 0.25) is 0 Å². The van der Waals surface area contributed by atoms with E-state index in [0.717, 1.165) is 33.4 Å². The SMILES string of the molecule is Cc1cc(C)cc(NC(=O)CN2C(=O)S/C(=C\c3ccccc3OCc3ccc([N+](=O)[O-])cc3)C2=O)c1. The van der Waals surface area contributed by atoms with E-state index in [-0.39, 0.29) is 17.2 Å². The Labute approximate surface area is 217 Å². The number of anilines is 1. The summed E-state index contributed by atoms with van der Waals surface area (Å²) in [5.41, 5.74) is 3.87. The molecule has 9 nitrogen and oxygen atoms in total. The molecule has 188 valence electrons. The number of imide groups is 1. The van der Waals surface area contributed by atoms with Crippen LogP contribution in [0.5, 0.6) is 5.75 Å². The minimum atomic E-state index is -0.559. The summed E-state index contributed by atoms with van der Waals surface area (Å²) in [6.07, 6.45) is 1.55. The van der Waals surface area contributed by atoms with E-state index in [0.29, 0.717) is 17.0 Å². The number of nitro groups is 1. The number of hydrogen-bond acceptors (Lipinski definition) is 7. The molecule has 1 aliphatic heterocycles. The molecular formula is C27H23N3O6S. The summed E-state index contributed by atoms with van der Waals surface area (Å²) in [5.74, 6) is -0.559. The van der Waals surface area contributed by atoms with Crippen LogP contribution in [0.15, 0.2) is 71.6 Å². The number of hydrogen-bond donors (Lipinski definition) is 1. The van der Waals surface area contributed by atoms with Crippen molar-refractivity contribution in [2.75, 3.05) is 11.9 Å². The van der Waals surface area contributed by atoms with Crippen LogP contribution in [0.4, 0.5) is 16.2 Å². The zero-order chi connectivity index (χ0) is 26.5. The lowest BCUT2D eigenvalue weighted by molar-refractivity contribution is -0.384. The van der Waals surface area contributed by atoms with Crippen molar-refractivity contribution in [3.05, 3.63) is 104 Å². The third kappa shape index (κ3) is 6.42. The lowest BCUT2D eigenvalue weighted by atomic mass is 10.1. The number of para-hydroxylation sites is 1. The van der Waals surface area contributed by atoms with E-state index in [1.165, 1.54) is 12.1 Å². The van der Waals surface area contributed by atoms with Gasteiger partial charge in [0.2, 0.25) is 5.91 Å². The van der Waals surface area contributed by atoms with Crippen LogP contribution in [0.25, 0.3) is 6.08 Å². The van der Waals surface area contributed by atoms with Crippen LogP contribution < -0.4 is 10.1 Å². The van der Waals surface area contributed by atoms with E-state index in [9.17, 15) is 24.5 Å². The molecule has 1 aliphatic rings. The van der Waals surface area contributed by atoms with Crippen molar-refractivity contribution in [3.8, 4) is 5.75 Å². The molecule has 0 saturated carbocycles. The molecule has 3 amide bonds. The number of nitro benzene ring substituents is 1.